The van der Waals surface area contributed by atoms with E-state index in [0.717, 1.165) is 69.2 Å². The van der Waals surface area contributed by atoms with E-state index in [0.29, 0.717) is 0 Å². The number of unbranched alkanes of at least 4 members (excludes halogenated alkanes) is 1. The Morgan fingerprint density at radius 1 is 1.03 bits per heavy atom. The number of fused-ring (bicyclic) bond motifs is 2. The highest BCUT2D eigenvalue weighted by atomic mass is 79.9. The maximum atomic E-state index is 6.00. The molecule has 0 spiro atoms. The van der Waals surface area contributed by atoms with Gasteiger partial charge < -0.3 is 19.6 Å². The van der Waals surface area contributed by atoms with E-state index in [9.17, 15) is 0 Å². The molecule has 31 heavy (non-hydrogen) atoms. The van der Waals surface area contributed by atoms with Gasteiger partial charge in [-0.1, -0.05) is 31.5 Å². The van der Waals surface area contributed by atoms with Crippen molar-refractivity contribution in [2.75, 3.05) is 5.32 Å². The van der Waals surface area contributed by atoms with Gasteiger partial charge in [0.05, 0.1) is 22.2 Å². The van der Waals surface area contributed by atoms with E-state index in [1.165, 1.54) is 0 Å². The largest absolute Gasteiger partial charge is 0.457 e. The Labute approximate surface area is 188 Å². The molecule has 0 aliphatic carbocycles. The molecular weight excluding hydrogens is 454 g/mol. The molecule has 0 bridgehead atoms. The number of nitrogens with one attached hydrogen (secondary N) is 2. The van der Waals surface area contributed by atoms with Crippen molar-refractivity contribution >= 4 is 49.6 Å². The summed E-state index contributed by atoms with van der Waals surface area (Å²) >= 11 is 3.46. The van der Waals surface area contributed by atoms with Gasteiger partial charge in [-0.15, -0.1) is 0 Å². The van der Waals surface area contributed by atoms with E-state index in [1.54, 1.807) is 0 Å². The molecule has 2 N–H and O–H groups in total. The van der Waals surface area contributed by atoms with Crippen LogP contribution in [-0.4, -0.2) is 19.5 Å². The molecule has 3 heterocycles. The number of aromatic nitrogens is 4. The van der Waals surface area contributed by atoms with E-state index >= 15 is 0 Å². The highest BCUT2D eigenvalue weighted by Crippen LogP contribution is 2.31. The lowest BCUT2D eigenvalue weighted by Gasteiger charge is -2.10. The lowest BCUT2D eigenvalue weighted by molar-refractivity contribution is 0.483. The van der Waals surface area contributed by atoms with E-state index in [1.807, 2.05) is 60.8 Å². The van der Waals surface area contributed by atoms with Crippen molar-refractivity contribution in [3.63, 3.8) is 0 Å². The number of H-pyrrole nitrogens is 1. The monoisotopic (exact) mass is 475 g/mol. The van der Waals surface area contributed by atoms with Gasteiger partial charge >= 0.3 is 0 Å². The summed E-state index contributed by atoms with van der Waals surface area (Å²) in [6.07, 6.45) is 4.10. The summed E-state index contributed by atoms with van der Waals surface area (Å²) in [7, 11) is 0. The number of ether oxygens (including phenoxy) is 1. The summed E-state index contributed by atoms with van der Waals surface area (Å²) in [5.74, 6) is 2.37. The molecule has 6 nitrogen and oxygen atoms in total. The van der Waals surface area contributed by atoms with Crippen LogP contribution in [0.2, 0.25) is 0 Å². The fourth-order valence-corrected chi connectivity index (χ4v) is 3.94. The van der Waals surface area contributed by atoms with Gasteiger partial charge in [0, 0.05) is 18.8 Å². The third-order valence-corrected chi connectivity index (χ3v) is 5.61. The van der Waals surface area contributed by atoms with Crippen molar-refractivity contribution < 1.29 is 4.74 Å². The summed E-state index contributed by atoms with van der Waals surface area (Å²) in [4.78, 5) is 12.8. The van der Waals surface area contributed by atoms with Crippen molar-refractivity contribution in [1.82, 2.24) is 19.5 Å². The van der Waals surface area contributed by atoms with Crippen LogP contribution in [0.4, 0.5) is 11.6 Å². The Hall–Kier alpha value is -3.32. The molecule has 156 valence electrons. The Kier molecular flexibility index (Phi) is 5.34. The SMILES string of the molecule is CCCCn1c(Nc2c[nH]c3ccc(Br)nc23)nc2cc(Oc3ccccc3)ccc21. The highest BCUT2D eigenvalue weighted by Gasteiger charge is 2.14. The van der Waals surface area contributed by atoms with Crippen LogP contribution in [0.15, 0.2) is 71.5 Å². The Morgan fingerprint density at radius 2 is 1.90 bits per heavy atom. The summed E-state index contributed by atoms with van der Waals surface area (Å²) < 4.78 is 9.02. The number of anilines is 2. The van der Waals surface area contributed by atoms with Gasteiger partial charge in [-0.2, -0.15) is 0 Å². The molecule has 0 unspecified atom stereocenters. The van der Waals surface area contributed by atoms with E-state index in [2.05, 4.69) is 48.8 Å². The molecule has 5 aromatic rings. The summed E-state index contributed by atoms with van der Waals surface area (Å²) in [6, 6.07) is 19.8. The molecule has 5 rings (SSSR count). The normalized spacial score (nSPS) is 11.3. The third-order valence-electron chi connectivity index (χ3n) is 5.17. The molecule has 0 aliphatic rings. The van der Waals surface area contributed by atoms with Gasteiger partial charge in [0.2, 0.25) is 5.95 Å². The number of benzene rings is 2. The second-order valence-corrected chi connectivity index (χ2v) is 8.18. The zero-order chi connectivity index (χ0) is 21.2. The first-order chi connectivity index (χ1) is 15.2. The van der Waals surface area contributed by atoms with Gasteiger partial charge in [-0.25, -0.2) is 9.97 Å². The number of imidazole rings is 1. The van der Waals surface area contributed by atoms with E-state index in [4.69, 9.17) is 9.72 Å². The van der Waals surface area contributed by atoms with Gasteiger partial charge in [-0.05, 0) is 58.7 Å². The molecule has 0 radical (unpaired) electrons. The molecule has 0 amide bonds. The van der Waals surface area contributed by atoms with Crippen LogP contribution in [0.25, 0.3) is 22.1 Å². The van der Waals surface area contributed by atoms with Crippen LogP contribution in [0.3, 0.4) is 0 Å². The van der Waals surface area contributed by atoms with Crippen LogP contribution < -0.4 is 10.1 Å². The molecule has 0 saturated carbocycles. The summed E-state index contributed by atoms with van der Waals surface area (Å²) in [6.45, 7) is 3.08. The van der Waals surface area contributed by atoms with Gasteiger partial charge in [-0.3, -0.25) is 0 Å². The fraction of sp³-hybridized carbons (Fsp3) is 0.167. The van der Waals surface area contributed by atoms with Crippen LogP contribution in [0.5, 0.6) is 11.5 Å². The van der Waals surface area contributed by atoms with Crippen molar-refractivity contribution in [3.05, 3.63) is 71.5 Å². The highest BCUT2D eigenvalue weighted by molar-refractivity contribution is 9.10. The number of aromatic amines is 1. The average molecular weight is 476 g/mol. The number of halogens is 1. The van der Waals surface area contributed by atoms with Crippen LogP contribution in [-0.2, 0) is 6.54 Å². The maximum absolute atomic E-state index is 6.00. The van der Waals surface area contributed by atoms with Crippen molar-refractivity contribution in [2.45, 2.75) is 26.3 Å². The molecule has 0 fully saturated rings. The number of hydrogen-bond acceptors (Lipinski definition) is 4. The fourth-order valence-electron chi connectivity index (χ4n) is 3.63. The second-order valence-electron chi connectivity index (χ2n) is 7.36. The Balaban J connectivity index is 1.53. The van der Waals surface area contributed by atoms with Crippen molar-refractivity contribution in [1.29, 1.82) is 0 Å². The van der Waals surface area contributed by atoms with Crippen LogP contribution in [0, 0.1) is 0 Å². The number of para-hydroxylation sites is 1. The van der Waals surface area contributed by atoms with E-state index in [-0.39, 0.29) is 0 Å². The smallest absolute Gasteiger partial charge is 0.208 e. The average Bonchev–Trinajstić information content (AvgIpc) is 3.33. The number of aryl methyl sites for hydroxylation is 1. The van der Waals surface area contributed by atoms with Crippen molar-refractivity contribution in [3.8, 4) is 11.5 Å². The first-order valence-corrected chi connectivity index (χ1v) is 11.1. The molecule has 2 aromatic carbocycles. The zero-order valence-corrected chi connectivity index (χ0v) is 18.7. The lowest BCUT2D eigenvalue weighted by atomic mass is 10.2. The second kappa shape index (κ2) is 8.43. The Morgan fingerprint density at radius 3 is 2.74 bits per heavy atom. The molecule has 0 aliphatic heterocycles. The molecule has 7 heteroatoms. The first kappa shape index (κ1) is 19.6. The van der Waals surface area contributed by atoms with Gasteiger partial charge in [0.25, 0.3) is 0 Å². The molecule has 0 atom stereocenters. The van der Waals surface area contributed by atoms with E-state index < -0.39 is 0 Å². The number of rotatable bonds is 7. The van der Waals surface area contributed by atoms with Gasteiger partial charge in [0.1, 0.15) is 21.6 Å². The van der Waals surface area contributed by atoms with Crippen molar-refractivity contribution in [2.24, 2.45) is 0 Å². The molecule has 3 aromatic heterocycles. The summed E-state index contributed by atoms with van der Waals surface area (Å²) in [5, 5.41) is 3.49. The van der Waals surface area contributed by atoms with Crippen LogP contribution in [0.1, 0.15) is 19.8 Å². The predicted octanol–water partition coefficient (Wildman–Crippen LogP) is 7.01. The quantitative estimate of drug-likeness (QED) is 0.248. The first-order valence-electron chi connectivity index (χ1n) is 10.3. The number of pyridine rings is 1. The standard InChI is InChI=1S/C24H22BrN5O/c1-2-3-13-30-21-11-9-17(31-16-7-5-4-6-8-16)14-19(21)27-24(30)28-20-15-26-18-10-12-22(25)29-23(18)20/h4-12,14-15,26H,2-3,13H2,1H3,(H,27,28). The predicted molar refractivity (Wildman–Crippen MR) is 128 cm³/mol. The third kappa shape index (κ3) is 4.01. The minimum absolute atomic E-state index is 0.767. The number of nitrogens with zero attached hydrogens (tertiary/aromatic N) is 3. The zero-order valence-electron chi connectivity index (χ0n) is 17.1. The minimum atomic E-state index is 0.767. The molecular formula is C24H22BrN5O. The Bertz CT molecular complexity index is 1340. The maximum Gasteiger partial charge on any atom is 0.208 e. The topological polar surface area (TPSA) is 67.8 Å². The van der Waals surface area contributed by atoms with Crippen LogP contribution >= 0.6 is 15.9 Å². The lowest BCUT2D eigenvalue weighted by Crippen LogP contribution is -2.04. The number of hydrogen-bond donors (Lipinski definition) is 2. The minimum Gasteiger partial charge on any atom is -0.457 e. The molecule has 0 saturated heterocycles. The summed E-state index contributed by atoms with van der Waals surface area (Å²) in [5.41, 5.74) is 4.70. The van der Waals surface area contributed by atoms with Gasteiger partial charge in [0.15, 0.2) is 0 Å².